The van der Waals surface area contributed by atoms with Gasteiger partial charge in [0.1, 0.15) is 5.75 Å². The SMILES string of the molecule is CC(=O)Nc1ccc(NC(=O)COc2ccc(C)cc2)cc1. The predicted molar refractivity (Wildman–Crippen MR) is 86.0 cm³/mol. The molecule has 5 heteroatoms. The normalized spacial score (nSPS) is 9.91. The van der Waals surface area contributed by atoms with E-state index in [0.717, 1.165) is 5.56 Å². The molecule has 2 amide bonds. The highest BCUT2D eigenvalue weighted by Gasteiger charge is 2.04. The van der Waals surface area contributed by atoms with E-state index in [-0.39, 0.29) is 18.4 Å². The lowest BCUT2D eigenvalue weighted by molar-refractivity contribution is -0.118. The van der Waals surface area contributed by atoms with Crippen molar-refractivity contribution in [3.05, 3.63) is 54.1 Å². The summed E-state index contributed by atoms with van der Waals surface area (Å²) in [6.07, 6.45) is 0. The predicted octanol–water partition coefficient (Wildman–Crippen LogP) is 2.97. The van der Waals surface area contributed by atoms with Crippen LogP contribution >= 0.6 is 0 Å². The van der Waals surface area contributed by atoms with Crippen molar-refractivity contribution in [1.29, 1.82) is 0 Å². The van der Waals surface area contributed by atoms with Crippen LogP contribution in [-0.2, 0) is 9.59 Å². The first-order valence-corrected chi connectivity index (χ1v) is 6.90. The Morgan fingerprint density at radius 3 is 2.00 bits per heavy atom. The number of hydrogen-bond acceptors (Lipinski definition) is 3. The molecular formula is C17H18N2O3. The molecule has 22 heavy (non-hydrogen) atoms. The van der Waals surface area contributed by atoms with Gasteiger partial charge in [-0.25, -0.2) is 0 Å². The molecule has 2 aromatic carbocycles. The Balaban J connectivity index is 1.83. The Bertz CT molecular complexity index is 649. The molecule has 0 spiro atoms. The smallest absolute Gasteiger partial charge is 0.262 e. The van der Waals surface area contributed by atoms with Gasteiger partial charge in [0.25, 0.3) is 5.91 Å². The van der Waals surface area contributed by atoms with E-state index in [0.29, 0.717) is 17.1 Å². The molecule has 5 nitrogen and oxygen atoms in total. The number of amides is 2. The number of carbonyl (C=O) groups is 2. The van der Waals surface area contributed by atoms with Crippen LogP contribution < -0.4 is 15.4 Å². The molecule has 0 unspecified atom stereocenters. The largest absolute Gasteiger partial charge is 0.484 e. The molecule has 0 aliphatic carbocycles. The monoisotopic (exact) mass is 298 g/mol. The summed E-state index contributed by atoms with van der Waals surface area (Å²) >= 11 is 0. The van der Waals surface area contributed by atoms with E-state index in [1.807, 2.05) is 31.2 Å². The molecule has 0 atom stereocenters. The fourth-order valence-corrected chi connectivity index (χ4v) is 1.82. The van der Waals surface area contributed by atoms with E-state index in [9.17, 15) is 9.59 Å². The van der Waals surface area contributed by atoms with Gasteiger partial charge in [0.15, 0.2) is 6.61 Å². The molecule has 0 fully saturated rings. The second kappa shape index (κ2) is 7.26. The summed E-state index contributed by atoms with van der Waals surface area (Å²) in [7, 11) is 0. The lowest BCUT2D eigenvalue weighted by Gasteiger charge is -2.08. The Morgan fingerprint density at radius 1 is 0.909 bits per heavy atom. The van der Waals surface area contributed by atoms with Crippen LogP contribution in [0.2, 0.25) is 0 Å². The average Bonchev–Trinajstić information content (AvgIpc) is 2.48. The fourth-order valence-electron chi connectivity index (χ4n) is 1.82. The summed E-state index contributed by atoms with van der Waals surface area (Å²) < 4.78 is 5.40. The molecule has 0 heterocycles. The zero-order valence-corrected chi connectivity index (χ0v) is 12.6. The number of rotatable bonds is 5. The molecular weight excluding hydrogens is 280 g/mol. The molecule has 0 aliphatic rings. The van der Waals surface area contributed by atoms with Gasteiger partial charge in [-0.1, -0.05) is 17.7 Å². The van der Waals surface area contributed by atoms with Gasteiger partial charge in [0.05, 0.1) is 0 Å². The number of nitrogens with one attached hydrogen (secondary N) is 2. The third-order valence-corrected chi connectivity index (χ3v) is 2.88. The van der Waals surface area contributed by atoms with Gasteiger partial charge in [-0.3, -0.25) is 9.59 Å². The summed E-state index contributed by atoms with van der Waals surface area (Å²) in [5.74, 6) is 0.276. The first-order chi connectivity index (χ1) is 10.5. The summed E-state index contributed by atoms with van der Waals surface area (Å²) in [6, 6.07) is 14.4. The second-order valence-electron chi connectivity index (χ2n) is 4.91. The molecule has 2 N–H and O–H groups in total. The molecule has 0 aromatic heterocycles. The Labute approximate surface area is 129 Å². The standard InChI is InChI=1S/C17H18N2O3/c1-12-3-9-16(10-4-12)22-11-17(21)19-15-7-5-14(6-8-15)18-13(2)20/h3-10H,11H2,1-2H3,(H,18,20)(H,19,21). The van der Waals surface area contributed by atoms with Crippen LogP contribution in [0.1, 0.15) is 12.5 Å². The Morgan fingerprint density at radius 2 is 1.45 bits per heavy atom. The maximum atomic E-state index is 11.8. The van der Waals surface area contributed by atoms with Gasteiger partial charge in [-0.15, -0.1) is 0 Å². The Kier molecular flexibility index (Phi) is 5.14. The zero-order valence-electron chi connectivity index (χ0n) is 12.6. The fraction of sp³-hybridized carbons (Fsp3) is 0.176. The van der Waals surface area contributed by atoms with E-state index in [4.69, 9.17) is 4.74 Å². The number of ether oxygens (including phenoxy) is 1. The molecule has 0 aliphatic heterocycles. The van der Waals surface area contributed by atoms with Crippen LogP contribution in [-0.4, -0.2) is 18.4 Å². The van der Waals surface area contributed by atoms with E-state index in [2.05, 4.69) is 10.6 Å². The van der Waals surface area contributed by atoms with E-state index in [1.165, 1.54) is 6.92 Å². The number of carbonyl (C=O) groups excluding carboxylic acids is 2. The van der Waals surface area contributed by atoms with Crippen LogP contribution in [0.4, 0.5) is 11.4 Å². The first-order valence-electron chi connectivity index (χ1n) is 6.90. The molecule has 2 rings (SSSR count). The summed E-state index contributed by atoms with van der Waals surface area (Å²) in [5, 5.41) is 5.39. The highest BCUT2D eigenvalue weighted by Crippen LogP contribution is 2.14. The molecule has 0 saturated carbocycles. The van der Waals surface area contributed by atoms with E-state index >= 15 is 0 Å². The zero-order chi connectivity index (χ0) is 15.9. The second-order valence-corrected chi connectivity index (χ2v) is 4.91. The molecule has 0 bridgehead atoms. The van der Waals surface area contributed by atoms with Gasteiger partial charge < -0.3 is 15.4 Å². The van der Waals surface area contributed by atoms with Crippen molar-refractivity contribution in [3.63, 3.8) is 0 Å². The molecule has 0 saturated heterocycles. The third kappa shape index (κ3) is 4.94. The number of aryl methyl sites for hydroxylation is 1. The van der Waals surface area contributed by atoms with Crippen molar-refractivity contribution in [1.82, 2.24) is 0 Å². The minimum Gasteiger partial charge on any atom is -0.484 e. The van der Waals surface area contributed by atoms with Gasteiger partial charge in [-0.2, -0.15) is 0 Å². The summed E-state index contributed by atoms with van der Waals surface area (Å²) in [5.41, 5.74) is 2.46. The van der Waals surface area contributed by atoms with Crippen molar-refractivity contribution in [2.24, 2.45) is 0 Å². The van der Waals surface area contributed by atoms with E-state index in [1.54, 1.807) is 24.3 Å². The van der Waals surface area contributed by atoms with Crippen molar-refractivity contribution < 1.29 is 14.3 Å². The van der Waals surface area contributed by atoms with Crippen LogP contribution in [0.15, 0.2) is 48.5 Å². The highest BCUT2D eigenvalue weighted by molar-refractivity contribution is 5.93. The lowest BCUT2D eigenvalue weighted by atomic mass is 10.2. The van der Waals surface area contributed by atoms with Crippen molar-refractivity contribution in [2.75, 3.05) is 17.2 Å². The van der Waals surface area contributed by atoms with Crippen molar-refractivity contribution in [2.45, 2.75) is 13.8 Å². The topological polar surface area (TPSA) is 67.4 Å². The molecule has 0 radical (unpaired) electrons. The van der Waals surface area contributed by atoms with E-state index < -0.39 is 0 Å². The molecule has 2 aromatic rings. The average molecular weight is 298 g/mol. The quantitative estimate of drug-likeness (QED) is 0.891. The van der Waals surface area contributed by atoms with Gasteiger partial charge >= 0.3 is 0 Å². The third-order valence-electron chi connectivity index (χ3n) is 2.88. The van der Waals surface area contributed by atoms with Crippen molar-refractivity contribution >= 4 is 23.2 Å². The minimum absolute atomic E-state index is 0.0590. The summed E-state index contributed by atoms with van der Waals surface area (Å²) in [4.78, 5) is 22.7. The number of anilines is 2. The summed E-state index contributed by atoms with van der Waals surface area (Å²) in [6.45, 7) is 3.37. The van der Waals surface area contributed by atoms with Gasteiger partial charge in [0.2, 0.25) is 5.91 Å². The van der Waals surface area contributed by atoms with Gasteiger partial charge in [-0.05, 0) is 43.3 Å². The number of hydrogen-bond donors (Lipinski definition) is 2. The minimum atomic E-state index is -0.243. The van der Waals surface area contributed by atoms with Crippen LogP contribution in [0, 0.1) is 6.92 Å². The van der Waals surface area contributed by atoms with Crippen molar-refractivity contribution in [3.8, 4) is 5.75 Å². The van der Waals surface area contributed by atoms with Crippen LogP contribution in [0.3, 0.4) is 0 Å². The maximum absolute atomic E-state index is 11.8. The number of benzene rings is 2. The van der Waals surface area contributed by atoms with Gasteiger partial charge in [0, 0.05) is 18.3 Å². The van der Waals surface area contributed by atoms with Crippen LogP contribution in [0.5, 0.6) is 5.75 Å². The Hall–Kier alpha value is -2.82. The maximum Gasteiger partial charge on any atom is 0.262 e. The van der Waals surface area contributed by atoms with Crippen LogP contribution in [0.25, 0.3) is 0 Å². The first kappa shape index (κ1) is 15.6. The lowest BCUT2D eigenvalue weighted by Crippen LogP contribution is -2.20. The molecule has 114 valence electrons. The highest BCUT2D eigenvalue weighted by atomic mass is 16.5.